The fraction of sp³-hybridized carbons (Fsp3) is 0.154. The number of hydrogen-bond donors (Lipinski definition) is 1. The SMILES string of the molecule is COC(=O)C(Nc1ccccc1Br)c1ccc(Br)s1. The highest BCUT2D eigenvalue weighted by Crippen LogP contribution is 2.32. The van der Waals surface area contributed by atoms with Crippen molar-refractivity contribution in [3.8, 4) is 0 Å². The van der Waals surface area contributed by atoms with Crippen molar-refractivity contribution < 1.29 is 9.53 Å². The average molecular weight is 405 g/mol. The summed E-state index contributed by atoms with van der Waals surface area (Å²) in [5.74, 6) is -0.315. The van der Waals surface area contributed by atoms with Crippen LogP contribution in [0.25, 0.3) is 0 Å². The Hall–Kier alpha value is -0.850. The number of methoxy groups -OCH3 is 1. The minimum atomic E-state index is -0.514. The van der Waals surface area contributed by atoms with Crippen molar-refractivity contribution in [2.75, 3.05) is 12.4 Å². The second-order valence-electron chi connectivity index (χ2n) is 3.72. The van der Waals surface area contributed by atoms with Gasteiger partial charge in [0.25, 0.3) is 0 Å². The summed E-state index contributed by atoms with van der Waals surface area (Å²) < 4.78 is 6.74. The van der Waals surface area contributed by atoms with E-state index < -0.39 is 6.04 Å². The molecule has 1 heterocycles. The van der Waals surface area contributed by atoms with Crippen molar-refractivity contribution >= 4 is 54.9 Å². The molecule has 19 heavy (non-hydrogen) atoms. The molecule has 0 amide bonds. The summed E-state index contributed by atoms with van der Waals surface area (Å²) in [6.45, 7) is 0. The number of hydrogen-bond acceptors (Lipinski definition) is 4. The Morgan fingerprint density at radius 2 is 2.00 bits per heavy atom. The Labute approximate surface area is 132 Å². The molecule has 0 saturated heterocycles. The minimum absolute atomic E-state index is 0.315. The predicted octanol–water partition coefficient (Wildman–Crippen LogP) is 4.60. The summed E-state index contributed by atoms with van der Waals surface area (Å²) in [7, 11) is 1.39. The molecule has 6 heteroatoms. The monoisotopic (exact) mass is 403 g/mol. The highest BCUT2D eigenvalue weighted by molar-refractivity contribution is 9.11. The number of halogens is 2. The lowest BCUT2D eigenvalue weighted by molar-refractivity contribution is -0.141. The largest absolute Gasteiger partial charge is 0.467 e. The smallest absolute Gasteiger partial charge is 0.333 e. The van der Waals surface area contributed by atoms with Gasteiger partial charge < -0.3 is 10.1 Å². The van der Waals surface area contributed by atoms with Crippen LogP contribution >= 0.6 is 43.2 Å². The van der Waals surface area contributed by atoms with E-state index in [1.165, 1.54) is 18.4 Å². The number of carbonyl (C=O) groups excluding carboxylic acids is 1. The van der Waals surface area contributed by atoms with Crippen molar-refractivity contribution in [1.29, 1.82) is 0 Å². The molecule has 0 spiro atoms. The first-order chi connectivity index (χ1) is 9.11. The van der Waals surface area contributed by atoms with E-state index >= 15 is 0 Å². The predicted molar refractivity (Wildman–Crippen MR) is 84.5 cm³/mol. The fourth-order valence-corrected chi connectivity index (χ4v) is 3.44. The number of ether oxygens (including phenoxy) is 1. The third kappa shape index (κ3) is 3.58. The van der Waals surface area contributed by atoms with Crippen LogP contribution in [-0.2, 0) is 9.53 Å². The molecule has 2 aromatic rings. The van der Waals surface area contributed by atoms with Gasteiger partial charge >= 0.3 is 5.97 Å². The van der Waals surface area contributed by atoms with E-state index in [1.54, 1.807) is 0 Å². The van der Waals surface area contributed by atoms with Crippen LogP contribution in [0.4, 0.5) is 5.69 Å². The fourth-order valence-electron chi connectivity index (χ4n) is 1.58. The molecule has 0 bridgehead atoms. The van der Waals surface area contributed by atoms with Crippen molar-refractivity contribution in [3.05, 3.63) is 49.5 Å². The number of esters is 1. The molecule has 0 saturated carbocycles. The zero-order chi connectivity index (χ0) is 13.8. The first-order valence-electron chi connectivity index (χ1n) is 5.46. The summed E-state index contributed by atoms with van der Waals surface area (Å²) >= 11 is 8.36. The highest BCUT2D eigenvalue weighted by atomic mass is 79.9. The van der Waals surface area contributed by atoms with Crippen molar-refractivity contribution in [2.45, 2.75) is 6.04 Å². The molecule has 1 N–H and O–H groups in total. The Morgan fingerprint density at radius 3 is 2.58 bits per heavy atom. The second kappa shape index (κ2) is 6.54. The standard InChI is InChI=1S/C13H11Br2NO2S/c1-18-13(17)12(10-6-7-11(15)19-10)16-9-5-3-2-4-8(9)14/h2-7,12,16H,1H3. The number of nitrogens with one attached hydrogen (secondary N) is 1. The summed E-state index contributed by atoms with van der Waals surface area (Å²) in [5, 5.41) is 3.20. The van der Waals surface area contributed by atoms with Gasteiger partial charge in [0, 0.05) is 15.0 Å². The molecule has 1 aromatic heterocycles. The third-order valence-electron chi connectivity index (χ3n) is 2.49. The van der Waals surface area contributed by atoms with E-state index in [-0.39, 0.29) is 5.97 Å². The Morgan fingerprint density at radius 1 is 1.26 bits per heavy atom. The van der Waals surface area contributed by atoms with Gasteiger partial charge in [0.2, 0.25) is 0 Å². The molecule has 1 atom stereocenters. The first kappa shape index (κ1) is 14.6. The lowest BCUT2D eigenvalue weighted by atomic mass is 10.2. The van der Waals surface area contributed by atoms with Crippen LogP contribution in [0.3, 0.4) is 0 Å². The Kier molecular flexibility index (Phi) is 5.01. The molecule has 0 fully saturated rings. The van der Waals surface area contributed by atoms with Crippen molar-refractivity contribution in [3.63, 3.8) is 0 Å². The molecular weight excluding hydrogens is 394 g/mol. The third-order valence-corrected chi connectivity index (χ3v) is 4.87. The molecule has 3 nitrogen and oxygen atoms in total. The van der Waals surface area contributed by atoms with E-state index in [1.807, 2.05) is 36.4 Å². The van der Waals surface area contributed by atoms with Gasteiger partial charge in [-0.25, -0.2) is 4.79 Å². The van der Waals surface area contributed by atoms with Gasteiger partial charge in [-0.1, -0.05) is 12.1 Å². The van der Waals surface area contributed by atoms with Gasteiger partial charge in [0.1, 0.15) is 0 Å². The van der Waals surface area contributed by atoms with Crippen LogP contribution in [0.1, 0.15) is 10.9 Å². The average Bonchev–Trinajstić information content (AvgIpc) is 2.83. The molecule has 1 unspecified atom stereocenters. The molecule has 0 aliphatic heterocycles. The lowest BCUT2D eigenvalue weighted by Crippen LogP contribution is -2.21. The van der Waals surface area contributed by atoms with Crippen LogP contribution in [-0.4, -0.2) is 13.1 Å². The van der Waals surface area contributed by atoms with Gasteiger partial charge in [-0.2, -0.15) is 0 Å². The number of thiophene rings is 1. The minimum Gasteiger partial charge on any atom is -0.467 e. The Balaban J connectivity index is 2.29. The molecule has 100 valence electrons. The van der Waals surface area contributed by atoms with Crippen LogP contribution < -0.4 is 5.32 Å². The summed E-state index contributed by atoms with van der Waals surface area (Å²) in [6, 6.07) is 11.0. The zero-order valence-electron chi connectivity index (χ0n) is 10.0. The quantitative estimate of drug-likeness (QED) is 0.756. The normalized spacial score (nSPS) is 11.9. The van der Waals surface area contributed by atoms with Crippen molar-refractivity contribution in [2.24, 2.45) is 0 Å². The number of carbonyl (C=O) groups is 1. The summed E-state index contributed by atoms with van der Waals surface area (Å²) in [6.07, 6.45) is 0. The van der Waals surface area contributed by atoms with E-state index in [2.05, 4.69) is 37.2 Å². The number of rotatable bonds is 4. The van der Waals surface area contributed by atoms with Crippen molar-refractivity contribution in [1.82, 2.24) is 0 Å². The second-order valence-corrected chi connectivity index (χ2v) is 7.07. The Bertz CT molecular complexity index is 586. The van der Waals surface area contributed by atoms with Gasteiger partial charge in [-0.05, 0) is 56.1 Å². The zero-order valence-corrected chi connectivity index (χ0v) is 14.0. The van der Waals surface area contributed by atoms with Crippen LogP contribution in [0.5, 0.6) is 0 Å². The maximum atomic E-state index is 11.9. The number of para-hydroxylation sites is 1. The van der Waals surface area contributed by atoms with Gasteiger partial charge in [0.05, 0.1) is 10.9 Å². The van der Waals surface area contributed by atoms with Crippen LogP contribution in [0.15, 0.2) is 44.7 Å². The van der Waals surface area contributed by atoms with Crippen LogP contribution in [0, 0.1) is 0 Å². The molecule has 0 aliphatic rings. The molecule has 0 aliphatic carbocycles. The van der Waals surface area contributed by atoms with Crippen LogP contribution in [0.2, 0.25) is 0 Å². The molecular formula is C13H11Br2NO2S. The molecule has 1 aromatic carbocycles. The van der Waals surface area contributed by atoms with Gasteiger partial charge in [0.15, 0.2) is 6.04 Å². The summed E-state index contributed by atoms with van der Waals surface area (Å²) in [5.41, 5.74) is 0.849. The molecule has 2 rings (SSSR count). The van der Waals surface area contributed by atoms with Gasteiger partial charge in [-0.3, -0.25) is 0 Å². The molecule has 0 radical (unpaired) electrons. The topological polar surface area (TPSA) is 38.3 Å². The number of anilines is 1. The lowest BCUT2D eigenvalue weighted by Gasteiger charge is -2.17. The van der Waals surface area contributed by atoms with E-state index in [0.29, 0.717) is 0 Å². The van der Waals surface area contributed by atoms with E-state index in [0.717, 1.165) is 18.8 Å². The highest BCUT2D eigenvalue weighted by Gasteiger charge is 2.23. The van der Waals surface area contributed by atoms with Gasteiger partial charge in [-0.15, -0.1) is 11.3 Å². The van der Waals surface area contributed by atoms with E-state index in [4.69, 9.17) is 4.74 Å². The first-order valence-corrected chi connectivity index (χ1v) is 7.86. The van der Waals surface area contributed by atoms with E-state index in [9.17, 15) is 4.79 Å². The number of benzene rings is 1. The maximum absolute atomic E-state index is 11.9. The summed E-state index contributed by atoms with van der Waals surface area (Å²) in [4.78, 5) is 12.8. The maximum Gasteiger partial charge on any atom is 0.333 e.